The molecule has 1 atom stereocenters. The zero-order valence-corrected chi connectivity index (χ0v) is 25.9. The summed E-state index contributed by atoms with van der Waals surface area (Å²) in [6, 6.07) is 12.5. The number of hydrogen-bond donors (Lipinski definition) is 3. The molecule has 0 radical (unpaired) electrons. The molecule has 0 saturated heterocycles. The van der Waals surface area contributed by atoms with E-state index in [9.17, 15) is 23.4 Å². The molecule has 0 amide bonds. The van der Waals surface area contributed by atoms with Crippen molar-refractivity contribution in [2.75, 3.05) is 26.3 Å². The second kappa shape index (κ2) is 18.4. The first-order chi connectivity index (χ1) is 20.3. The first kappa shape index (κ1) is 34.2. The average Bonchev–Trinajstić information content (AvgIpc) is 2.99. The van der Waals surface area contributed by atoms with E-state index >= 15 is 0 Å². The first-order valence-electron chi connectivity index (χ1n) is 15.5. The number of carbonyl (C=O) groups excluding carboxylic acids is 1. The van der Waals surface area contributed by atoms with Crippen LogP contribution in [0.2, 0.25) is 0 Å². The van der Waals surface area contributed by atoms with Crippen molar-refractivity contribution in [2.24, 2.45) is 0 Å². The van der Waals surface area contributed by atoms with Crippen LogP contribution in [0.4, 0.5) is 0 Å². The third-order valence-corrected chi connectivity index (χ3v) is 10.1. The first-order valence-corrected chi connectivity index (χ1v) is 17.1. The molecule has 2 aromatic rings. The van der Waals surface area contributed by atoms with Gasteiger partial charge in [-0.1, -0.05) is 50.3 Å². The summed E-state index contributed by atoms with van der Waals surface area (Å²) in [5.74, 6) is -0.145. The van der Waals surface area contributed by atoms with Crippen LogP contribution in [-0.2, 0) is 32.4 Å². The molecule has 1 saturated carbocycles. The van der Waals surface area contributed by atoms with Crippen LogP contribution in [0, 0.1) is 0 Å². The van der Waals surface area contributed by atoms with Gasteiger partial charge in [0.1, 0.15) is 5.75 Å². The molecule has 1 aliphatic rings. The van der Waals surface area contributed by atoms with Gasteiger partial charge in [-0.25, -0.2) is 8.42 Å². The van der Waals surface area contributed by atoms with Gasteiger partial charge in [-0.2, -0.15) is 0 Å². The van der Waals surface area contributed by atoms with E-state index in [1.165, 1.54) is 6.92 Å². The predicted octanol–water partition coefficient (Wildman–Crippen LogP) is 5.43. The largest absolute Gasteiger partial charge is 0.426 e. The molecular formula is C33H49NO7S. The highest BCUT2D eigenvalue weighted by atomic mass is 32.2. The van der Waals surface area contributed by atoms with Crippen LogP contribution in [0.15, 0.2) is 47.4 Å². The van der Waals surface area contributed by atoms with Gasteiger partial charge in [0.25, 0.3) is 0 Å². The number of aliphatic hydroxyl groups is 2. The Bertz CT molecular complexity index is 1190. The van der Waals surface area contributed by atoms with Gasteiger partial charge in [0.15, 0.2) is 9.84 Å². The van der Waals surface area contributed by atoms with Crippen molar-refractivity contribution < 1.29 is 32.9 Å². The van der Waals surface area contributed by atoms with Gasteiger partial charge in [0.2, 0.25) is 0 Å². The van der Waals surface area contributed by atoms with Gasteiger partial charge in [0.05, 0.1) is 22.9 Å². The topological polar surface area (TPSA) is 122 Å². The maximum atomic E-state index is 13.0. The lowest BCUT2D eigenvalue weighted by Crippen LogP contribution is -2.24. The van der Waals surface area contributed by atoms with Gasteiger partial charge in [0, 0.05) is 32.2 Å². The lowest BCUT2D eigenvalue weighted by Gasteiger charge is -2.22. The highest BCUT2D eigenvalue weighted by Crippen LogP contribution is 2.29. The minimum absolute atomic E-state index is 0.216. The van der Waals surface area contributed by atoms with Crippen LogP contribution in [0.3, 0.4) is 0 Å². The van der Waals surface area contributed by atoms with Crippen LogP contribution in [0.5, 0.6) is 5.75 Å². The number of aliphatic hydroxyl groups excluding tert-OH is 2. The molecule has 0 aromatic heterocycles. The molecule has 3 rings (SSSR count). The van der Waals surface area contributed by atoms with Gasteiger partial charge in [-0.3, -0.25) is 4.79 Å². The zero-order chi connectivity index (χ0) is 30.2. The summed E-state index contributed by atoms with van der Waals surface area (Å²) in [5, 5.41) is 23.0. The van der Waals surface area contributed by atoms with Crippen molar-refractivity contribution >= 4 is 15.8 Å². The van der Waals surface area contributed by atoms with E-state index in [-0.39, 0.29) is 11.9 Å². The summed E-state index contributed by atoms with van der Waals surface area (Å²) in [4.78, 5) is 11.7. The van der Waals surface area contributed by atoms with Crippen LogP contribution in [-0.4, -0.2) is 56.2 Å². The number of ether oxygens (including phenoxy) is 2. The van der Waals surface area contributed by atoms with E-state index in [2.05, 4.69) is 5.32 Å². The summed E-state index contributed by atoms with van der Waals surface area (Å²) in [7, 11) is -3.22. The molecule has 2 aromatic carbocycles. The summed E-state index contributed by atoms with van der Waals surface area (Å²) in [6.45, 7) is 3.71. The highest BCUT2D eigenvalue weighted by molar-refractivity contribution is 7.92. The number of carbonyl (C=O) groups is 1. The fraction of sp³-hybridized carbons (Fsp3) is 0.606. The molecule has 9 heteroatoms. The maximum Gasteiger partial charge on any atom is 0.308 e. The summed E-state index contributed by atoms with van der Waals surface area (Å²) in [6.07, 6.45) is 11.0. The van der Waals surface area contributed by atoms with Crippen molar-refractivity contribution in [1.82, 2.24) is 5.32 Å². The molecule has 0 bridgehead atoms. The van der Waals surface area contributed by atoms with Crippen molar-refractivity contribution in [3.05, 3.63) is 59.2 Å². The molecule has 0 unspecified atom stereocenters. The van der Waals surface area contributed by atoms with Crippen molar-refractivity contribution in [2.45, 2.75) is 107 Å². The highest BCUT2D eigenvalue weighted by Gasteiger charge is 2.28. The minimum atomic E-state index is -3.22. The summed E-state index contributed by atoms with van der Waals surface area (Å²) in [5.41, 5.74) is 2.22. The Kier molecular flexibility index (Phi) is 15.0. The van der Waals surface area contributed by atoms with E-state index in [0.717, 1.165) is 102 Å². The number of aryl methyl sites for hydroxylation is 1. The second-order valence-corrected chi connectivity index (χ2v) is 13.5. The minimum Gasteiger partial charge on any atom is -0.426 e. The number of rotatable bonds is 19. The Morgan fingerprint density at radius 3 is 2.45 bits per heavy atom. The molecule has 0 spiro atoms. The number of unbranched alkanes of at least 4 members (excludes halogenated alkanes) is 4. The van der Waals surface area contributed by atoms with E-state index < -0.39 is 21.9 Å². The van der Waals surface area contributed by atoms with Gasteiger partial charge >= 0.3 is 5.97 Å². The van der Waals surface area contributed by atoms with Crippen molar-refractivity contribution in [3.63, 3.8) is 0 Å². The fourth-order valence-electron chi connectivity index (χ4n) is 5.43. The summed E-state index contributed by atoms with van der Waals surface area (Å²) < 4.78 is 36.9. The molecule has 8 nitrogen and oxygen atoms in total. The SMILES string of the molecule is CC(=O)Oc1ccc([C@@H](O)CNCCCCCCOCCCCc2cccc(S(=O)(=O)C3CCCCC3)c2)cc1CO. The molecule has 42 heavy (non-hydrogen) atoms. The molecule has 1 fully saturated rings. The molecule has 234 valence electrons. The molecule has 0 heterocycles. The Labute approximate surface area is 251 Å². The predicted molar refractivity (Wildman–Crippen MR) is 164 cm³/mol. The Hall–Kier alpha value is -2.30. The normalized spacial score (nSPS) is 15.0. The quantitative estimate of drug-likeness (QED) is 0.110. The number of benzene rings is 2. The van der Waals surface area contributed by atoms with Crippen LogP contribution in [0.1, 0.15) is 100 Å². The Balaban J connectivity index is 1.19. The number of nitrogens with one attached hydrogen (secondary N) is 1. The van der Waals surface area contributed by atoms with Gasteiger partial charge < -0.3 is 25.0 Å². The van der Waals surface area contributed by atoms with E-state index in [4.69, 9.17) is 9.47 Å². The Morgan fingerprint density at radius 2 is 1.71 bits per heavy atom. The molecule has 1 aliphatic carbocycles. The van der Waals surface area contributed by atoms with E-state index in [1.807, 2.05) is 18.2 Å². The number of esters is 1. The molecular weight excluding hydrogens is 554 g/mol. The van der Waals surface area contributed by atoms with E-state index in [1.54, 1.807) is 24.3 Å². The summed E-state index contributed by atoms with van der Waals surface area (Å²) >= 11 is 0. The fourth-order valence-corrected chi connectivity index (χ4v) is 7.35. The number of sulfone groups is 1. The lowest BCUT2D eigenvalue weighted by molar-refractivity contribution is -0.131. The third kappa shape index (κ3) is 11.4. The van der Waals surface area contributed by atoms with Crippen LogP contribution >= 0.6 is 0 Å². The van der Waals surface area contributed by atoms with Crippen molar-refractivity contribution in [1.29, 1.82) is 0 Å². The second-order valence-electron chi connectivity index (χ2n) is 11.3. The van der Waals surface area contributed by atoms with Gasteiger partial charge in [-0.05, 0) is 86.9 Å². The zero-order valence-electron chi connectivity index (χ0n) is 25.1. The lowest BCUT2D eigenvalue weighted by atomic mass is 10.0. The van der Waals surface area contributed by atoms with Crippen molar-refractivity contribution in [3.8, 4) is 5.75 Å². The Morgan fingerprint density at radius 1 is 0.976 bits per heavy atom. The van der Waals surface area contributed by atoms with E-state index in [0.29, 0.717) is 28.3 Å². The third-order valence-electron chi connectivity index (χ3n) is 7.85. The standard InChI is InChI=1S/C33H49NO7S/c1-26(36)41-33-18-17-28(23-29(33)25-35)32(37)24-34-19-8-2-3-9-20-40-21-10-7-12-27-13-11-16-31(22-27)42(38,39)30-14-5-4-6-15-30/h11,13,16-18,22-23,30,32,34-35,37H,2-10,12,14-15,19-21,24-25H2,1H3/t32-/m0/s1. The number of hydrogen-bond acceptors (Lipinski definition) is 8. The smallest absolute Gasteiger partial charge is 0.308 e. The average molecular weight is 604 g/mol. The monoisotopic (exact) mass is 603 g/mol. The van der Waals surface area contributed by atoms with Crippen LogP contribution in [0.25, 0.3) is 0 Å². The molecule has 0 aliphatic heterocycles. The molecule has 3 N–H and O–H groups in total. The maximum absolute atomic E-state index is 13.0. The van der Waals surface area contributed by atoms with Gasteiger partial charge in [-0.15, -0.1) is 0 Å². The van der Waals surface area contributed by atoms with Crippen LogP contribution < -0.4 is 10.1 Å².